The summed E-state index contributed by atoms with van der Waals surface area (Å²) in [5, 5.41) is 3.36. The molecule has 0 radical (unpaired) electrons. The molecular formula is C16H27Cl2N3O. The van der Waals surface area contributed by atoms with Gasteiger partial charge in [-0.15, -0.1) is 24.8 Å². The second kappa shape index (κ2) is 10.0. The first-order valence-corrected chi connectivity index (χ1v) is 7.45. The van der Waals surface area contributed by atoms with E-state index in [0.29, 0.717) is 5.91 Å². The molecule has 0 aromatic carbocycles. The van der Waals surface area contributed by atoms with E-state index in [4.69, 9.17) is 0 Å². The average molecular weight is 348 g/mol. The monoisotopic (exact) mass is 347 g/mol. The van der Waals surface area contributed by atoms with Gasteiger partial charge in [0.1, 0.15) is 0 Å². The zero-order valence-electron chi connectivity index (χ0n) is 13.4. The van der Waals surface area contributed by atoms with Crippen molar-refractivity contribution in [3.63, 3.8) is 0 Å². The number of piperidine rings is 1. The smallest absolute Gasteiger partial charge is 0.228 e. The Morgan fingerprint density at radius 1 is 1.23 bits per heavy atom. The average Bonchev–Trinajstić information content (AvgIpc) is 2.48. The summed E-state index contributed by atoms with van der Waals surface area (Å²) in [7, 11) is 3.74. The molecule has 2 rings (SSSR count). The summed E-state index contributed by atoms with van der Waals surface area (Å²) in [5.74, 6) is 0.300. The number of halogens is 2. The fourth-order valence-corrected chi connectivity index (χ4v) is 3.13. The normalized spacial score (nSPS) is 16.1. The minimum atomic E-state index is -0.151. The van der Waals surface area contributed by atoms with Crippen LogP contribution in [0, 0.1) is 5.41 Å². The molecule has 2 heterocycles. The van der Waals surface area contributed by atoms with E-state index in [-0.39, 0.29) is 30.2 Å². The number of hydrogen-bond acceptors (Lipinski definition) is 3. The Hall–Kier alpha value is -0.840. The van der Waals surface area contributed by atoms with Crippen LogP contribution in [-0.2, 0) is 11.2 Å². The van der Waals surface area contributed by atoms with Crippen LogP contribution in [0.2, 0.25) is 0 Å². The van der Waals surface area contributed by atoms with E-state index in [2.05, 4.69) is 22.4 Å². The number of aryl methyl sites for hydroxylation is 1. The van der Waals surface area contributed by atoms with Crippen LogP contribution in [0.1, 0.15) is 31.2 Å². The number of aromatic nitrogens is 1. The van der Waals surface area contributed by atoms with Crippen LogP contribution in [0.15, 0.2) is 24.5 Å². The molecule has 1 aliphatic heterocycles. The Balaban J connectivity index is 0.00000220. The van der Waals surface area contributed by atoms with Gasteiger partial charge in [0, 0.05) is 26.5 Å². The summed E-state index contributed by atoms with van der Waals surface area (Å²) >= 11 is 0. The first-order valence-electron chi connectivity index (χ1n) is 7.45. The molecule has 1 aromatic rings. The minimum Gasteiger partial charge on any atom is -0.348 e. The van der Waals surface area contributed by atoms with Crippen LogP contribution in [0.4, 0.5) is 0 Å². The van der Waals surface area contributed by atoms with Crippen molar-refractivity contribution in [2.75, 3.05) is 27.2 Å². The molecule has 0 saturated carbocycles. The number of amides is 1. The second-order valence-corrected chi connectivity index (χ2v) is 5.94. The maximum Gasteiger partial charge on any atom is 0.228 e. The number of pyridine rings is 1. The SMILES string of the molecule is CN(C)C(=O)C1(CCCc2ccncc2)CCNCC1.Cl.Cl. The highest BCUT2D eigenvalue weighted by Crippen LogP contribution is 2.36. The summed E-state index contributed by atoms with van der Waals surface area (Å²) in [6.45, 7) is 1.91. The van der Waals surface area contributed by atoms with E-state index in [1.807, 2.05) is 26.5 Å². The van der Waals surface area contributed by atoms with Crippen LogP contribution in [0.3, 0.4) is 0 Å². The maximum atomic E-state index is 12.6. The van der Waals surface area contributed by atoms with Crippen molar-refractivity contribution in [3.8, 4) is 0 Å². The highest BCUT2D eigenvalue weighted by Gasteiger charge is 2.39. The fraction of sp³-hybridized carbons (Fsp3) is 0.625. The summed E-state index contributed by atoms with van der Waals surface area (Å²) in [6, 6.07) is 4.12. The van der Waals surface area contributed by atoms with Gasteiger partial charge in [-0.1, -0.05) is 0 Å². The molecule has 1 amide bonds. The summed E-state index contributed by atoms with van der Waals surface area (Å²) < 4.78 is 0. The summed E-state index contributed by atoms with van der Waals surface area (Å²) in [4.78, 5) is 18.4. The molecule has 1 aliphatic rings. The molecule has 6 heteroatoms. The van der Waals surface area contributed by atoms with E-state index in [1.54, 1.807) is 4.90 Å². The molecule has 1 saturated heterocycles. The Morgan fingerprint density at radius 2 is 1.82 bits per heavy atom. The lowest BCUT2D eigenvalue weighted by Gasteiger charge is -2.38. The van der Waals surface area contributed by atoms with E-state index in [1.165, 1.54) is 5.56 Å². The largest absolute Gasteiger partial charge is 0.348 e. The molecule has 126 valence electrons. The predicted octanol–water partition coefficient (Wildman–Crippen LogP) is 2.71. The molecule has 1 aromatic heterocycles. The second-order valence-electron chi connectivity index (χ2n) is 5.94. The van der Waals surface area contributed by atoms with Gasteiger partial charge in [0.05, 0.1) is 5.41 Å². The van der Waals surface area contributed by atoms with Crippen molar-refractivity contribution < 1.29 is 4.79 Å². The van der Waals surface area contributed by atoms with Gasteiger partial charge in [-0.25, -0.2) is 0 Å². The number of carbonyl (C=O) groups excluding carboxylic acids is 1. The van der Waals surface area contributed by atoms with E-state index >= 15 is 0 Å². The quantitative estimate of drug-likeness (QED) is 0.890. The lowest BCUT2D eigenvalue weighted by atomic mass is 9.73. The molecule has 4 nitrogen and oxygen atoms in total. The summed E-state index contributed by atoms with van der Waals surface area (Å²) in [5.41, 5.74) is 1.16. The number of nitrogens with zero attached hydrogens (tertiary/aromatic N) is 2. The van der Waals surface area contributed by atoms with Gasteiger partial charge in [0.2, 0.25) is 5.91 Å². The van der Waals surface area contributed by atoms with Crippen LogP contribution < -0.4 is 5.32 Å². The van der Waals surface area contributed by atoms with Crippen LogP contribution in [0.5, 0.6) is 0 Å². The van der Waals surface area contributed by atoms with Crippen molar-refractivity contribution in [1.29, 1.82) is 0 Å². The van der Waals surface area contributed by atoms with Gasteiger partial charge >= 0.3 is 0 Å². The third-order valence-electron chi connectivity index (χ3n) is 4.29. The van der Waals surface area contributed by atoms with Crippen LogP contribution >= 0.6 is 24.8 Å². The van der Waals surface area contributed by atoms with Gasteiger partial charge < -0.3 is 10.2 Å². The third kappa shape index (κ3) is 5.41. The van der Waals surface area contributed by atoms with Crippen LogP contribution in [-0.4, -0.2) is 43.0 Å². The Bertz CT molecular complexity index is 434. The molecule has 1 N–H and O–H groups in total. The van der Waals surface area contributed by atoms with E-state index in [9.17, 15) is 4.79 Å². The Labute approximate surface area is 145 Å². The molecular weight excluding hydrogens is 321 g/mol. The third-order valence-corrected chi connectivity index (χ3v) is 4.29. The van der Waals surface area contributed by atoms with Crippen molar-refractivity contribution >= 4 is 30.7 Å². The zero-order valence-corrected chi connectivity index (χ0v) is 15.0. The summed E-state index contributed by atoms with van der Waals surface area (Å²) in [6.07, 6.45) is 8.65. The van der Waals surface area contributed by atoms with Gasteiger partial charge in [-0.3, -0.25) is 9.78 Å². The van der Waals surface area contributed by atoms with Crippen LogP contribution in [0.25, 0.3) is 0 Å². The highest BCUT2D eigenvalue weighted by atomic mass is 35.5. The standard InChI is InChI=1S/C16H25N3O.2ClH/c1-19(2)15(20)16(8-12-18-13-9-16)7-3-4-14-5-10-17-11-6-14;;/h5-6,10-11,18H,3-4,7-9,12-13H2,1-2H3;2*1H. The lowest BCUT2D eigenvalue weighted by Crippen LogP contribution is -2.47. The molecule has 0 aliphatic carbocycles. The molecule has 22 heavy (non-hydrogen) atoms. The molecule has 0 spiro atoms. The first kappa shape index (κ1) is 21.2. The first-order chi connectivity index (χ1) is 9.64. The highest BCUT2D eigenvalue weighted by molar-refractivity contribution is 5.85. The predicted molar refractivity (Wildman–Crippen MR) is 94.9 cm³/mol. The molecule has 0 atom stereocenters. The fourth-order valence-electron chi connectivity index (χ4n) is 3.13. The van der Waals surface area contributed by atoms with E-state index in [0.717, 1.165) is 45.2 Å². The Morgan fingerprint density at radius 3 is 2.36 bits per heavy atom. The van der Waals surface area contributed by atoms with Gasteiger partial charge in [-0.2, -0.15) is 0 Å². The van der Waals surface area contributed by atoms with Crippen molar-refractivity contribution in [3.05, 3.63) is 30.1 Å². The van der Waals surface area contributed by atoms with Gasteiger partial charge in [0.15, 0.2) is 0 Å². The number of hydrogen-bond donors (Lipinski definition) is 1. The number of carbonyl (C=O) groups is 1. The van der Waals surface area contributed by atoms with Crippen molar-refractivity contribution in [2.24, 2.45) is 5.41 Å². The maximum absolute atomic E-state index is 12.6. The van der Waals surface area contributed by atoms with E-state index < -0.39 is 0 Å². The number of nitrogens with one attached hydrogen (secondary N) is 1. The lowest BCUT2D eigenvalue weighted by molar-refractivity contribution is -0.141. The zero-order chi connectivity index (χ0) is 14.4. The van der Waals surface area contributed by atoms with Crippen molar-refractivity contribution in [1.82, 2.24) is 15.2 Å². The molecule has 0 unspecified atom stereocenters. The molecule has 1 fully saturated rings. The Kier molecular flexibility index (Phi) is 9.65. The van der Waals surface area contributed by atoms with Crippen molar-refractivity contribution in [2.45, 2.75) is 32.1 Å². The van der Waals surface area contributed by atoms with Gasteiger partial charge in [-0.05, 0) is 62.9 Å². The molecule has 0 bridgehead atoms. The minimum absolute atomic E-state index is 0. The number of rotatable bonds is 5. The van der Waals surface area contributed by atoms with Gasteiger partial charge in [0.25, 0.3) is 0 Å². The topological polar surface area (TPSA) is 45.2 Å².